The molecule has 6 heteroatoms. The van der Waals surface area contributed by atoms with E-state index in [9.17, 15) is 4.79 Å². The van der Waals surface area contributed by atoms with E-state index in [2.05, 4.69) is 43.2 Å². The molecular formula is C22H34ClN3OS. The Morgan fingerprint density at radius 3 is 2.43 bits per heavy atom. The third-order valence-corrected chi connectivity index (χ3v) is 7.08. The summed E-state index contributed by atoms with van der Waals surface area (Å²) in [4.78, 5) is 19.9. The highest BCUT2D eigenvalue weighted by atomic mass is 35.5. The molecule has 0 radical (unpaired) electrons. The fraction of sp³-hybridized carbons (Fsp3) is 0.636. The number of benzene rings is 1. The van der Waals surface area contributed by atoms with Crippen molar-refractivity contribution in [3.63, 3.8) is 0 Å². The van der Waals surface area contributed by atoms with Crippen molar-refractivity contribution in [2.45, 2.75) is 82.5 Å². The normalized spacial score (nSPS) is 24.7. The first-order valence-electron chi connectivity index (χ1n) is 10.4. The number of nitrogens with one attached hydrogen (secondary N) is 1. The molecule has 2 fully saturated rings. The Balaban J connectivity index is 0.00000280. The lowest BCUT2D eigenvalue weighted by atomic mass is 10.1. The van der Waals surface area contributed by atoms with Gasteiger partial charge in [-0.15, -0.1) is 12.4 Å². The average molecular weight is 424 g/mol. The smallest absolute Gasteiger partial charge is 0.226 e. The van der Waals surface area contributed by atoms with E-state index in [1.54, 1.807) is 0 Å². The number of aliphatic imine (C=N–C) groups is 1. The highest BCUT2D eigenvalue weighted by molar-refractivity contribution is 8.14. The Labute approximate surface area is 180 Å². The Morgan fingerprint density at radius 2 is 1.82 bits per heavy atom. The van der Waals surface area contributed by atoms with Gasteiger partial charge in [0.05, 0.1) is 12.1 Å². The Hall–Kier alpha value is -1.20. The molecule has 0 bridgehead atoms. The van der Waals surface area contributed by atoms with Crippen LogP contribution in [0.4, 0.5) is 5.69 Å². The van der Waals surface area contributed by atoms with Gasteiger partial charge >= 0.3 is 0 Å². The maximum Gasteiger partial charge on any atom is 0.226 e. The van der Waals surface area contributed by atoms with Crippen molar-refractivity contribution in [1.29, 1.82) is 0 Å². The second-order valence-electron chi connectivity index (χ2n) is 7.86. The third-order valence-electron chi connectivity index (χ3n) is 5.79. The molecule has 2 unspecified atom stereocenters. The van der Waals surface area contributed by atoms with Gasteiger partial charge in [-0.05, 0) is 37.0 Å². The number of hydrogen-bond acceptors (Lipinski definition) is 3. The standard InChI is InChI=1S/C22H33N3OS.ClH/c1-4-17-11-13-19(14-12-17)23-21(26)15-20-16(2)27-22(25(20)3)24-18-9-7-5-6-8-10-18;/h11-14,16,18,20H,4-10,15H2,1-3H3,(H,23,26);1H/b24-22-;. The van der Waals surface area contributed by atoms with Crippen molar-refractivity contribution in [2.24, 2.45) is 4.99 Å². The summed E-state index contributed by atoms with van der Waals surface area (Å²) in [5.74, 6) is 0.0827. The molecule has 0 spiro atoms. The van der Waals surface area contributed by atoms with E-state index in [-0.39, 0.29) is 24.4 Å². The minimum atomic E-state index is 0. The zero-order valence-corrected chi connectivity index (χ0v) is 19.0. The molecular weight excluding hydrogens is 390 g/mol. The molecule has 28 heavy (non-hydrogen) atoms. The molecule has 1 aliphatic heterocycles. The minimum absolute atomic E-state index is 0. The summed E-state index contributed by atoms with van der Waals surface area (Å²) in [5, 5.41) is 4.56. The Morgan fingerprint density at radius 1 is 1.18 bits per heavy atom. The molecule has 1 heterocycles. The number of amidine groups is 1. The van der Waals surface area contributed by atoms with Crippen LogP contribution in [0.15, 0.2) is 29.3 Å². The van der Waals surface area contributed by atoms with Crippen molar-refractivity contribution >= 4 is 40.9 Å². The molecule has 2 atom stereocenters. The van der Waals surface area contributed by atoms with Crippen molar-refractivity contribution in [1.82, 2.24) is 4.90 Å². The van der Waals surface area contributed by atoms with Crippen molar-refractivity contribution in [3.05, 3.63) is 29.8 Å². The number of carbonyl (C=O) groups excluding carboxylic acids is 1. The summed E-state index contributed by atoms with van der Waals surface area (Å²) in [6.07, 6.45) is 9.24. The lowest BCUT2D eigenvalue weighted by molar-refractivity contribution is -0.117. The number of amides is 1. The van der Waals surface area contributed by atoms with Crippen LogP contribution in [-0.2, 0) is 11.2 Å². The van der Waals surface area contributed by atoms with E-state index in [1.165, 1.54) is 44.1 Å². The van der Waals surface area contributed by atoms with E-state index >= 15 is 0 Å². The number of halogens is 1. The molecule has 1 N–H and O–H groups in total. The number of hydrogen-bond donors (Lipinski definition) is 1. The van der Waals surface area contributed by atoms with E-state index < -0.39 is 0 Å². The highest BCUT2D eigenvalue weighted by Crippen LogP contribution is 2.33. The molecule has 156 valence electrons. The second kappa shape index (κ2) is 11.1. The van der Waals surface area contributed by atoms with Crippen LogP contribution in [0.1, 0.15) is 64.4 Å². The number of rotatable bonds is 5. The Kier molecular flexibility index (Phi) is 9.16. The molecule has 1 saturated heterocycles. The van der Waals surface area contributed by atoms with Gasteiger partial charge in [-0.2, -0.15) is 0 Å². The van der Waals surface area contributed by atoms with Gasteiger partial charge in [0.25, 0.3) is 0 Å². The number of thioether (sulfide) groups is 1. The molecule has 2 aliphatic rings. The fourth-order valence-corrected chi connectivity index (χ4v) is 5.26. The number of aryl methyl sites for hydroxylation is 1. The predicted molar refractivity (Wildman–Crippen MR) is 124 cm³/mol. The zero-order chi connectivity index (χ0) is 19.2. The number of nitrogens with zero attached hydrogens (tertiary/aromatic N) is 2. The lowest BCUT2D eigenvalue weighted by Crippen LogP contribution is -2.36. The van der Waals surface area contributed by atoms with Gasteiger partial charge in [0.15, 0.2) is 5.17 Å². The quantitative estimate of drug-likeness (QED) is 0.634. The summed E-state index contributed by atoms with van der Waals surface area (Å²) in [5.41, 5.74) is 2.17. The summed E-state index contributed by atoms with van der Waals surface area (Å²) in [7, 11) is 2.10. The Bertz CT molecular complexity index is 656. The molecule has 4 nitrogen and oxygen atoms in total. The SMILES string of the molecule is CCc1ccc(NC(=O)CC2C(C)S/C(=N\C3CCCCCC3)N2C)cc1.Cl. The maximum atomic E-state index is 12.6. The van der Waals surface area contributed by atoms with Crippen LogP contribution >= 0.6 is 24.2 Å². The maximum absolute atomic E-state index is 12.6. The largest absolute Gasteiger partial charge is 0.350 e. The van der Waals surface area contributed by atoms with E-state index in [1.807, 2.05) is 23.9 Å². The minimum Gasteiger partial charge on any atom is -0.350 e. The number of carbonyl (C=O) groups is 1. The second-order valence-corrected chi connectivity index (χ2v) is 9.21. The lowest BCUT2D eigenvalue weighted by Gasteiger charge is -2.23. The van der Waals surface area contributed by atoms with Crippen molar-refractivity contribution in [2.75, 3.05) is 12.4 Å². The summed E-state index contributed by atoms with van der Waals surface area (Å²) in [6, 6.07) is 8.81. The first-order valence-corrected chi connectivity index (χ1v) is 11.3. The van der Waals surface area contributed by atoms with Gasteiger partial charge in [0.2, 0.25) is 5.91 Å². The molecule has 0 aromatic heterocycles. The monoisotopic (exact) mass is 423 g/mol. The third kappa shape index (κ3) is 6.15. The first kappa shape index (κ1) is 23.1. The molecule has 1 amide bonds. The molecule has 1 aliphatic carbocycles. The van der Waals surface area contributed by atoms with Crippen molar-refractivity contribution in [3.8, 4) is 0 Å². The fourth-order valence-electron chi connectivity index (χ4n) is 3.98. The molecule has 1 saturated carbocycles. The summed E-state index contributed by atoms with van der Waals surface area (Å²) >= 11 is 1.83. The topological polar surface area (TPSA) is 44.7 Å². The van der Waals surface area contributed by atoms with Gasteiger partial charge in [0.1, 0.15) is 0 Å². The summed E-state index contributed by atoms with van der Waals surface area (Å²) in [6.45, 7) is 4.35. The first-order chi connectivity index (χ1) is 13.1. The van der Waals surface area contributed by atoms with Crippen LogP contribution in [0, 0.1) is 0 Å². The van der Waals surface area contributed by atoms with Crippen LogP contribution in [-0.4, -0.2) is 40.4 Å². The van der Waals surface area contributed by atoms with Crippen LogP contribution in [0.3, 0.4) is 0 Å². The average Bonchev–Trinajstić information content (AvgIpc) is 2.85. The van der Waals surface area contributed by atoms with Crippen molar-refractivity contribution < 1.29 is 4.79 Å². The van der Waals surface area contributed by atoms with E-state index in [0.717, 1.165) is 17.3 Å². The van der Waals surface area contributed by atoms with E-state index in [0.29, 0.717) is 17.7 Å². The van der Waals surface area contributed by atoms with Gasteiger partial charge in [-0.1, -0.05) is 63.4 Å². The molecule has 3 rings (SSSR count). The van der Waals surface area contributed by atoms with Crippen LogP contribution in [0.5, 0.6) is 0 Å². The van der Waals surface area contributed by atoms with Gasteiger partial charge in [-0.25, -0.2) is 0 Å². The van der Waals surface area contributed by atoms with Crippen LogP contribution in [0.2, 0.25) is 0 Å². The zero-order valence-electron chi connectivity index (χ0n) is 17.3. The van der Waals surface area contributed by atoms with Gasteiger partial charge < -0.3 is 10.2 Å². The van der Waals surface area contributed by atoms with Crippen LogP contribution < -0.4 is 5.32 Å². The highest BCUT2D eigenvalue weighted by Gasteiger charge is 2.35. The molecule has 1 aromatic rings. The van der Waals surface area contributed by atoms with Gasteiger partial charge in [-0.3, -0.25) is 9.79 Å². The summed E-state index contributed by atoms with van der Waals surface area (Å²) < 4.78 is 0. The van der Waals surface area contributed by atoms with E-state index in [4.69, 9.17) is 4.99 Å². The van der Waals surface area contributed by atoms with Crippen LogP contribution in [0.25, 0.3) is 0 Å². The number of anilines is 1. The van der Waals surface area contributed by atoms with Gasteiger partial charge in [0, 0.05) is 24.4 Å². The predicted octanol–water partition coefficient (Wildman–Crippen LogP) is 5.51. The molecule has 1 aromatic carbocycles.